The van der Waals surface area contributed by atoms with E-state index in [4.69, 9.17) is 21.1 Å². The molecule has 1 aliphatic rings. The summed E-state index contributed by atoms with van der Waals surface area (Å²) in [6.45, 7) is 3.57. The van der Waals surface area contributed by atoms with E-state index in [2.05, 4.69) is 5.32 Å². The number of methoxy groups -OCH3 is 1. The van der Waals surface area contributed by atoms with Crippen LogP contribution in [0.25, 0.3) is 10.9 Å². The number of hydrogen-bond donors (Lipinski definition) is 1. The molecule has 0 saturated carbocycles. The normalized spacial score (nSPS) is 13.7. The van der Waals surface area contributed by atoms with Gasteiger partial charge in [0, 0.05) is 25.1 Å². The smallest absolute Gasteiger partial charge is 0.258 e. The number of nitrogens with one attached hydrogen (secondary N) is 1. The monoisotopic (exact) mass is 336 g/mol. The number of benzene rings is 1. The van der Waals surface area contributed by atoms with Crippen LogP contribution in [0.2, 0.25) is 0 Å². The lowest BCUT2D eigenvalue weighted by molar-refractivity contribution is 0.131. The summed E-state index contributed by atoms with van der Waals surface area (Å²) in [4.78, 5) is 12.9. The maximum Gasteiger partial charge on any atom is 0.258 e. The summed E-state index contributed by atoms with van der Waals surface area (Å²) in [5, 5.41) is 4.32. The van der Waals surface area contributed by atoms with Crippen LogP contribution >= 0.6 is 11.6 Å². The second-order valence-electron chi connectivity index (χ2n) is 5.59. The number of alkyl halides is 1. The standard InChI is InChI=1S/C17H21ClN2O3/c1-3-23-14-8-11(9-18)7-13-15(14)16-12(5-4-6-19-16)17(21)20(13)10-22-2/h7-8,19H,3-6,9-10H2,1-2H3. The van der Waals surface area contributed by atoms with Gasteiger partial charge in [0.05, 0.1) is 23.2 Å². The zero-order chi connectivity index (χ0) is 16.4. The molecule has 1 aliphatic heterocycles. The molecule has 0 radical (unpaired) electrons. The topological polar surface area (TPSA) is 52.5 Å². The molecule has 2 heterocycles. The van der Waals surface area contributed by atoms with Crippen LogP contribution in [0.3, 0.4) is 0 Å². The van der Waals surface area contributed by atoms with Gasteiger partial charge in [-0.25, -0.2) is 0 Å². The van der Waals surface area contributed by atoms with Gasteiger partial charge in [0.2, 0.25) is 0 Å². The van der Waals surface area contributed by atoms with Gasteiger partial charge in [-0.15, -0.1) is 11.6 Å². The average Bonchev–Trinajstić information content (AvgIpc) is 2.58. The van der Waals surface area contributed by atoms with Crippen molar-refractivity contribution in [2.24, 2.45) is 0 Å². The second kappa shape index (κ2) is 6.81. The van der Waals surface area contributed by atoms with Gasteiger partial charge < -0.3 is 14.8 Å². The minimum Gasteiger partial charge on any atom is -0.493 e. The van der Waals surface area contributed by atoms with Gasteiger partial charge in [-0.1, -0.05) is 0 Å². The fraction of sp³-hybridized carbons (Fsp3) is 0.471. The maximum atomic E-state index is 12.9. The van der Waals surface area contributed by atoms with E-state index < -0.39 is 0 Å². The zero-order valence-electron chi connectivity index (χ0n) is 13.4. The van der Waals surface area contributed by atoms with E-state index in [1.165, 1.54) is 0 Å². The van der Waals surface area contributed by atoms with Gasteiger partial charge in [-0.3, -0.25) is 9.36 Å². The highest BCUT2D eigenvalue weighted by Crippen LogP contribution is 2.37. The first-order chi connectivity index (χ1) is 11.2. The molecule has 23 heavy (non-hydrogen) atoms. The fourth-order valence-electron chi connectivity index (χ4n) is 3.16. The van der Waals surface area contributed by atoms with E-state index in [-0.39, 0.29) is 12.3 Å². The third kappa shape index (κ3) is 2.79. The first-order valence-electron chi connectivity index (χ1n) is 7.85. The quantitative estimate of drug-likeness (QED) is 0.852. The summed E-state index contributed by atoms with van der Waals surface area (Å²) in [5.41, 5.74) is 3.42. The molecule has 1 N–H and O–H groups in total. The number of hydrogen-bond acceptors (Lipinski definition) is 4. The number of aromatic nitrogens is 1. The van der Waals surface area contributed by atoms with Crippen molar-refractivity contribution in [1.29, 1.82) is 0 Å². The Morgan fingerprint density at radius 2 is 2.22 bits per heavy atom. The van der Waals surface area contributed by atoms with Crippen LogP contribution in [0.15, 0.2) is 16.9 Å². The van der Waals surface area contributed by atoms with Crippen LogP contribution in [0.1, 0.15) is 24.5 Å². The molecule has 5 nitrogen and oxygen atoms in total. The molecule has 0 spiro atoms. The van der Waals surface area contributed by atoms with Gasteiger partial charge >= 0.3 is 0 Å². The van der Waals surface area contributed by atoms with E-state index in [0.29, 0.717) is 12.5 Å². The van der Waals surface area contributed by atoms with Gasteiger partial charge in [-0.05, 0) is 37.5 Å². The first-order valence-corrected chi connectivity index (χ1v) is 8.38. The lowest BCUT2D eigenvalue weighted by Gasteiger charge is -2.24. The summed E-state index contributed by atoms with van der Waals surface area (Å²) in [6, 6.07) is 3.90. The van der Waals surface area contributed by atoms with Crippen molar-refractivity contribution < 1.29 is 9.47 Å². The summed E-state index contributed by atoms with van der Waals surface area (Å²) < 4.78 is 12.8. The Morgan fingerprint density at radius 1 is 1.39 bits per heavy atom. The molecule has 1 aromatic heterocycles. The van der Waals surface area contributed by atoms with Crippen LogP contribution in [0, 0.1) is 0 Å². The number of pyridine rings is 1. The number of anilines is 1. The molecule has 0 saturated heterocycles. The number of fused-ring (bicyclic) bond motifs is 3. The van der Waals surface area contributed by atoms with Gasteiger partial charge in [0.1, 0.15) is 12.5 Å². The Kier molecular flexibility index (Phi) is 4.78. The van der Waals surface area contributed by atoms with Crippen molar-refractivity contribution in [2.75, 3.05) is 25.6 Å². The molecule has 2 aromatic rings. The molecule has 3 rings (SSSR count). The minimum atomic E-state index is -0.00396. The average molecular weight is 337 g/mol. The minimum absolute atomic E-state index is 0.00396. The lowest BCUT2D eigenvalue weighted by Crippen LogP contribution is -2.29. The third-order valence-electron chi connectivity index (χ3n) is 4.10. The molecular formula is C17H21ClN2O3. The van der Waals surface area contributed by atoms with Crippen molar-refractivity contribution >= 4 is 28.2 Å². The van der Waals surface area contributed by atoms with E-state index >= 15 is 0 Å². The number of nitrogens with zero attached hydrogens (tertiary/aromatic N) is 1. The Balaban J connectivity index is 2.42. The molecule has 0 atom stereocenters. The largest absolute Gasteiger partial charge is 0.493 e. The summed E-state index contributed by atoms with van der Waals surface area (Å²) in [6.07, 6.45) is 1.72. The zero-order valence-corrected chi connectivity index (χ0v) is 14.2. The van der Waals surface area contributed by atoms with Gasteiger partial charge in [0.15, 0.2) is 0 Å². The molecule has 0 amide bonds. The van der Waals surface area contributed by atoms with Crippen molar-refractivity contribution in [3.05, 3.63) is 33.6 Å². The molecule has 0 bridgehead atoms. The van der Waals surface area contributed by atoms with E-state index in [9.17, 15) is 4.79 Å². The van der Waals surface area contributed by atoms with E-state index in [0.717, 1.165) is 52.9 Å². The predicted molar refractivity (Wildman–Crippen MR) is 92.8 cm³/mol. The van der Waals surface area contributed by atoms with E-state index in [1.807, 2.05) is 19.1 Å². The maximum absolute atomic E-state index is 12.9. The fourth-order valence-corrected chi connectivity index (χ4v) is 3.31. The van der Waals surface area contributed by atoms with Gasteiger partial charge in [0.25, 0.3) is 5.56 Å². The SMILES string of the molecule is CCOc1cc(CCl)cc2c1c1c(c(=O)n2COC)CCCN1. The summed E-state index contributed by atoms with van der Waals surface area (Å²) in [7, 11) is 1.59. The van der Waals surface area contributed by atoms with Crippen molar-refractivity contribution in [1.82, 2.24) is 4.57 Å². The molecular weight excluding hydrogens is 316 g/mol. The van der Waals surface area contributed by atoms with Crippen LogP contribution in [-0.4, -0.2) is 24.8 Å². The molecule has 1 aromatic carbocycles. The molecule has 0 aliphatic carbocycles. The Labute approximate surface area is 140 Å². The van der Waals surface area contributed by atoms with Crippen LogP contribution in [0.4, 0.5) is 5.69 Å². The second-order valence-corrected chi connectivity index (χ2v) is 5.86. The Hall–Kier alpha value is -1.72. The van der Waals surface area contributed by atoms with Crippen LogP contribution < -0.4 is 15.6 Å². The van der Waals surface area contributed by atoms with Crippen LogP contribution in [-0.2, 0) is 23.8 Å². The Bertz CT molecular complexity index is 786. The highest BCUT2D eigenvalue weighted by Gasteiger charge is 2.22. The van der Waals surface area contributed by atoms with Crippen LogP contribution in [0.5, 0.6) is 5.75 Å². The predicted octanol–water partition coefficient (Wildman–Crippen LogP) is 3.10. The number of rotatable bonds is 5. The van der Waals surface area contributed by atoms with E-state index in [1.54, 1.807) is 11.7 Å². The Morgan fingerprint density at radius 3 is 2.91 bits per heavy atom. The number of halogens is 1. The number of ether oxygens (including phenoxy) is 2. The molecule has 6 heteroatoms. The first kappa shape index (κ1) is 16.1. The lowest BCUT2D eigenvalue weighted by atomic mass is 9.99. The van der Waals surface area contributed by atoms with Crippen molar-refractivity contribution in [3.63, 3.8) is 0 Å². The molecule has 0 unspecified atom stereocenters. The third-order valence-corrected chi connectivity index (χ3v) is 4.41. The summed E-state index contributed by atoms with van der Waals surface area (Å²) in [5.74, 6) is 1.12. The van der Waals surface area contributed by atoms with Gasteiger partial charge in [-0.2, -0.15) is 0 Å². The van der Waals surface area contributed by atoms with Crippen molar-refractivity contribution in [3.8, 4) is 5.75 Å². The van der Waals surface area contributed by atoms with Crippen molar-refractivity contribution in [2.45, 2.75) is 32.4 Å². The molecule has 124 valence electrons. The summed E-state index contributed by atoms with van der Waals surface area (Å²) >= 11 is 6.02. The highest BCUT2D eigenvalue weighted by atomic mass is 35.5. The highest BCUT2D eigenvalue weighted by molar-refractivity contribution is 6.17. The molecule has 0 fully saturated rings.